The van der Waals surface area contributed by atoms with Crippen LogP contribution in [-0.4, -0.2) is 23.2 Å². The Balaban J connectivity index is 2.45. The maximum Gasteiger partial charge on any atom is 0.168 e. The molecule has 0 aliphatic rings. The van der Waals surface area contributed by atoms with Gasteiger partial charge in [0.2, 0.25) is 0 Å². The van der Waals surface area contributed by atoms with Crippen molar-refractivity contribution >= 4 is 11.6 Å². The summed E-state index contributed by atoms with van der Waals surface area (Å²) in [6.07, 6.45) is 2.32. The molecule has 1 heterocycles. The van der Waals surface area contributed by atoms with Gasteiger partial charge in [0, 0.05) is 19.2 Å². The average molecular weight is 231 g/mol. The molecule has 1 aromatic rings. The predicted molar refractivity (Wildman–Crippen MR) is 58.0 cm³/mol. The summed E-state index contributed by atoms with van der Waals surface area (Å²) in [4.78, 5) is 3.56. The number of aromatic nitrogens is 1. The summed E-state index contributed by atoms with van der Waals surface area (Å²) in [5.74, 6) is -1.97. The number of anilines is 2. The molecule has 0 aromatic carbocycles. The minimum absolute atomic E-state index is 0.0390. The van der Waals surface area contributed by atoms with Gasteiger partial charge in [-0.3, -0.25) is 0 Å². The lowest BCUT2D eigenvalue weighted by Gasteiger charge is -2.07. The van der Waals surface area contributed by atoms with Crippen molar-refractivity contribution in [3.63, 3.8) is 0 Å². The van der Waals surface area contributed by atoms with E-state index in [4.69, 9.17) is 10.8 Å². The Morgan fingerprint density at radius 3 is 2.69 bits per heavy atom. The molecule has 4 N–H and O–H groups in total. The number of nitrogens with zero attached hydrogens (tertiary/aromatic N) is 1. The van der Waals surface area contributed by atoms with Crippen molar-refractivity contribution < 1.29 is 13.9 Å². The molecule has 1 rings (SSSR count). The molecule has 0 saturated carbocycles. The van der Waals surface area contributed by atoms with Gasteiger partial charge in [-0.1, -0.05) is 0 Å². The van der Waals surface area contributed by atoms with E-state index in [2.05, 4.69) is 10.3 Å². The summed E-state index contributed by atoms with van der Waals surface area (Å²) < 4.78 is 25.9. The first-order chi connectivity index (χ1) is 7.65. The molecule has 0 amide bonds. The summed E-state index contributed by atoms with van der Waals surface area (Å²) in [7, 11) is 0. The topological polar surface area (TPSA) is 71.2 Å². The summed E-state index contributed by atoms with van der Waals surface area (Å²) >= 11 is 0. The number of nitrogen functional groups attached to an aromatic ring is 1. The quantitative estimate of drug-likeness (QED) is 0.649. The molecule has 4 nitrogen and oxygen atoms in total. The SMILES string of the molecule is Nc1nc(NCCCCCO)c(F)cc1F. The lowest BCUT2D eigenvalue weighted by atomic mass is 10.2. The number of aliphatic hydroxyl groups excluding tert-OH is 1. The van der Waals surface area contributed by atoms with Gasteiger partial charge in [0.1, 0.15) is 0 Å². The van der Waals surface area contributed by atoms with Crippen LogP contribution < -0.4 is 11.1 Å². The second-order valence-corrected chi connectivity index (χ2v) is 3.40. The highest BCUT2D eigenvalue weighted by molar-refractivity contribution is 5.44. The summed E-state index contributed by atoms with van der Waals surface area (Å²) in [6, 6.07) is 0.707. The fourth-order valence-corrected chi connectivity index (χ4v) is 1.23. The monoisotopic (exact) mass is 231 g/mol. The highest BCUT2D eigenvalue weighted by Crippen LogP contribution is 2.16. The van der Waals surface area contributed by atoms with Crippen LogP contribution >= 0.6 is 0 Å². The van der Waals surface area contributed by atoms with E-state index in [-0.39, 0.29) is 18.2 Å². The third-order valence-electron chi connectivity index (χ3n) is 2.08. The van der Waals surface area contributed by atoms with Crippen LogP contribution in [-0.2, 0) is 0 Å². The minimum atomic E-state index is -0.858. The zero-order valence-corrected chi connectivity index (χ0v) is 8.84. The Bertz CT molecular complexity index is 347. The molecular weight excluding hydrogens is 216 g/mol. The third-order valence-corrected chi connectivity index (χ3v) is 2.08. The normalized spacial score (nSPS) is 10.4. The van der Waals surface area contributed by atoms with Gasteiger partial charge in [-0.05, 0) is 19.3 Å². The number of nitrogens with two attached hydrogens (primary N) is 1. The van der Waals surface area contributed by atoms with E-state index < -0.39 is 11.6 Å². The first-order valence-electron chi connectivity index (χ1n) is 5.11. The van der Waals surface area contributed by atoms with Crippen LogP contribution in [0.25, 0.3) is 0 Å². The highest BCUT2D eigenvalue weighted by atomic mass is 19.1. The number of unbranched alkanes of at least 4 members (excludes halogenated alkanes) is 2. The number of hydrogen-bond donors (Lipinski definition) is 3. The van der Waals surface area contributed by atoms with Crippen molar-refractivity contribution in [1.82, 2.24) is 4.98 Å². The van der Waals surface area contributed by atoms with Gasteiger partial charge in [-0.2, -0.15) is 0 Å². The maximum atomic E-state index is 13.1. The van der Waals surface area contributed by atoms with Crippen LogP contribution in [0, 0.1) is 11.6 Å². The molecule has 0 radical (unpaired) electrons. The Morgan fingerprint density at radius 2 is 2.00 bits per heavy atom. The summed E-state index contributed by atoms with van der Waals surface area (Å²) in [6.45, 7) is 0.658. The number of nitrogens with one attached hydrogen (secondary N) is 1. The Morgan fingerprint density at radius 1 is 1.25 bits per heavy atom. The Labute approximate surface area is 92.5 Å². The van der Waals surface area contributed by atoms with Gasteiger partial charge in [0.05, 0.1) is 0 Å². The number of rotatable bonds is 6. The molecule has 1 aromatic heterocycles. The number of halogens is 2. The van der Waals surface area contributed by atoms with E-state index >= 15 is 0 Å². The summed E-state index contributed by atoms with van der Waals surface area (Å²) in [5.41, 5.74) is 5.22. The van der Waals surface area contributed by atoms with E-state index in [0.717, 1.165) is 12.8 Å². The van der Waals surface area contributed by atoms with Gasteiger partial charge < -0.3 is 16.2 Å². The standard InChI is InChI=1S/C10H15F2N3O/c11-7-6-8(12)10(15-9(7)13)14-4-2-1-3-5-16/h6,16H,1-5H2,(H3,13,14,15). The van der Waals surface area contributed by atoms with Crippen LogP contribution in [0.3, 0.4) is 0 Å². The smallest absolute Gasteiger partial charge is 0.168 e. The van der Waals surface area contributed by atoms with E-state index in [0.29, 0.717) is 19.0 Å². The van der Waals surface area contributed by atoms with Crippen LogP contribution in [0.5, 0.6) is 0 Å². The van der Waals surface area contributed by atoms with E-state index in [1.807, 2.05) is 0 Å². The molecule has 0 spiro atoms. The van der Waals surface area contributed by atoms with E-state index in [1.54, 1.807) is 0 Å². The van der Waals surface area contributed by atoms with Crippen molar-refractivity contribution in [2.75, 3.05) is 24.2 Å². The molecule has 16 heavy (non-hydrogen) atoms. The van der Waals surface area contributed by atoms with Gasteiger partial charge in [0.25, 0.3) is 0 Å². The van der Waals surface area contributed by atoms with Crippen LogP contribution in [0.4, 0.5) is 20.4 Å². The van der Waals surface area contributed by atoms with Gasteiger partial charge in [-0.15, -0.1) is 0 Å². The third kappa shape index (κ3) is 3.62. The van der Waals surface area contributed by atoms with Crippen molar-refractivity contribution in [3.8, 4) is 0 Å². The summed E-state index contributed by atoms with van der Waals surface area (Å²) in [5, 5.41) is 11.3. The van der Waals surface area contributed by atoms with E-state index in [9.17, 15) is 8.78 Å². The molecule has 0 atom stereocenters. The van der Waals surface area contributed by atoms with Crippen molar-refractivity contribution in [1.29, 1.82) is 0 Å². The first-order valence-corrected chi connectivity index (χ1v) is 5.11. The largest absolute Gasteiger partial charge is 0.396 e. The van der Waals surface area contributed by atoms with Crippen molar-refractivity contribution in [2.24, 2.45) is 0 Å². The maximum absolute atomic E-state index is 13.1. The molecule has 0 fully saturated rings. The lowest BCUT2D eigenvalue weighted by Crippen LogP contribution is -2.08. The number of pyridine rings is 1. The molecule has 6 heteroatoms. The fourth-order valence-electron chi connectivity index (χ4n) is 1.23. The fraction of sp³-hybridized carbons (Fsp3) is 0.500. The zero-order valence-electron chi connectivity index (χ0n) is 8.84. The number of hydrogen-bond acceptors (Lipinski definition) is 4. The van der Waals surface area contributed by atoms with E-state index in [1.165, 1.54) is 0 Å². The second-order valence-electron chi connectivity index (χ2n) is 3.40. The second kappa shape index (κ2) is 6.22. The Kier molecular flexibility index (Phi) is 4.91. The Hall–Kier alpha value is -1.43. The van der Waals surface area contributed by atoms with Gasteiger partial charge in [0.15, 0.2) is 23.3 Å². The average Bonchev–Trinajstić information content (AvgIpc) is 2.25. The first kappa shape index (κ1) is 12.6. The van der Waals surface area contributed by atoms with Crippen LogP contribution in [0.15, 0.2) is 6.07 Å². The molecule has 0 aliphatic heterocycles. The number of aliphatic hydroxyl groups is 1. The predicted octanol–water partition coefficient (Wildman–Crippen LogP) is 1.52. The molecular formula is C10H15F2N3O. The van der Waals surface area contributed by atoms with Gasteiger partial charge >= 0.3 is 0 Å². The lowest BCUT2D eigenvalue weighted by molar-refractivity contribution is 0.283. The van der Waals surface area contributed by atoms with Crippen LogP contribution in [0.2, 0.25) is 0 Å². The molecule has 0 saturated heterocycles. The molecule has 90 valence electrons. The van der Waals surface area contributed by atoms with Crippen LogP contribution in [0.1, 0.15) is 19.3 Å². The molecule has 0 bridgehead atoms. The zero-order chi connectivity index (χ0) is 12.0. The highest BCUT2D eigenvalue weighted by Gasteiger charge is 2.08. The molecule has 0 aliphatic carbocycles. The molecule has 0 unspecified atom stereocenters. The van der Waals surface area contributed by atoms with Crippen molar-refractivity contribution in [3.05, 3.63) is 17.7 Å². The minimum Gasteiger partial charge on any atom is -0.396 e. The van der Waals surface area contributed by atoms with Crippen molar-refractivity contribution in [2.45, 2.75) is 19.3 Å². The van der Waals surface area contributed by atoms with Gasteiger partial charge in [-0.25, -0.2) is 13.8 Å².